The number of piperazine rings is 2. The number of fused-ring (bicyclic) bond motifs is 2. The monoisotopic (exact) mass is 1030 g/mol. The zero-order valence-corrected chi connectivity index (χ0v) is 40.8. The molecule has 4 aromatic carbocycles. The first-order valence-corrected chi connectivity index (χ1v) is 25.3. The molecular weight excluding hydrogens is 976 g/mol. The van der Waals surface area contributed by atoms with Crippen molar-refractivity contribution in [2.45, 2.75) is 49.4 Å². The Kier molecular flexibility index (Phi) is 13.7. The van der Waals surface area contributed by atoms with Crippen molar-refractivity contribution < 1.29 is 52.9 Å². The van der Waals surface area contributed by atoms with Gasteiger partial charge in [0.1, 0.15) is 40.3 Å². The van der Waals surface area contributed by atoms with E-state index in [1.807, 2.05) is 65.6 Å². The number of urea groups is 1. The molecule has 1 aromatic heterocycles. The molecule has 74 heavy (non-hydrogen) atoms. The quantitative estimate of drug-likeness (QED) is 0.0697. The number of halogens is 1. The van der Waals surface area contributed by atoms with Gasteiger partial charge in [-0.3, -0.25) is 38.7 Å². The highest BCUT2D eigenvalue weighted by Gasteiger charge is 2.55. The maximum absolute atomic E-state index is 16.0. The van der Waals surface area contributed by atoms with Crippen LogP contribution in [0.2, 0.25) is 0 Å². The van der Waals surface area contributed by atoms with E-state index in [-0.39, 0.29) is 66.1 Å². The van der Waals surface area contributed by atoms with E-state index in [0.29, 0.717) is 48.4 Å². The van der Waals surface area contributed by atoms with Crippen LogP contribution in [-0.2, 0) is 28.7 Å². The number of aromatic nitrogens is 1. The summed E-state index contributed by atoms with van der Waals surface area (Å²) in [6.45, 7) is 3.69. The number of thioether (sulfide) groups is 1. The Morgan fingerprint density at radius 2 is 1.49 bits per heavy atom. The largest absolute Gasteiger partial charge is 0.508 e. The van der Waals surface area contributed by atoms with Gasteiger partial charge in [0.25, 0.3) is 5.91 Å². The molecular formula is C53H51FN8O11S. The standard InChI is InChI=1S/C53H51FN8O11S/c1-2-58-23-24-60(49(68)48(58)67)53(72)56-41(30-13-17-35(63)18-14-30)46(65)55-42-47(66)62-43(52(71)73-45(31-9-5-3-6-10-31)32-11-7-4-8-12-32)33(29-74-50(42)62)27-57-19-21-59(22-20-57)40-26-39-36(25-38(40)54)44(64)37(51(69)70)28-61(39)34-15-16-34/h3-14,17-18,25-26,28,34,41-42,45,50,63H,2,15-16,19-24,27,29H2,1H3,(H,55,65)(H,56,72)(H,69,70)/t41-,42-,50-/m1/s1. The third kappa shape index (κ3) is 9.55. The summed E-state index contributed by atoms with van der Waals surface area (Å²) in [4.78, 5) is 115. The smallest absolute Gasteiger partial charge is 0.356 e. The average molecular weight is 1030 g/mol. The topological polar surface area (TPSA) is 231 Å². The number of benzene rings is 4. The number of hydrogen-bond donors (Lipinski definition) is 4. The number of rotatable bonds is 14. The lowest BCUT2D eigenvalue weighted by Gasteiger charge is -2.50. The van der Waals surface area contributed by atoms with E-state index < -0.39 is 82.0 Å². The fourth-order valence-electron chi connectivity index (χ4n) is 9.94. The lowest BCUT2D eigenvalue weighted by atomic mass is 9.99. The van der Waals surface area contributed by atoms with Crippen LogP contribution in [0, 0.1) is 5.82 Å². The number of esters is 1. The summed E-state index contributed by atoms with van der Waals surface area (Å²) >= 11 is 1.32. The highest BCUT2D eigenvalue weighted by atomic mass is 32.2. The number of β-lactam (4-membered cyclic amide) rings is 1. The van der Waals surface area contributed by atoms with Crippen molar-refractivity contribution in [1.29, 1.82) is 0 Å². The molecule has 5 heterocycles. The van der Waals surface area contributed by atoms with E-state index in [1.54, 1.807) is 17.6 Å². The lowest BCUT2D eigenvalue weighted by molar-refractivity contribution is -0.155. The molecule has 3 atom stereocenters. The van der Waals surface area contributed by atoms with Gasteiger partial charge in [0.2, 0.25) is 11.3 Å². The SMILES string of the molecule is CCN1CCN(C(=O)N[C@@H](C(=O)N[C@@H]2C(=O)N3C(C(=O)OC(c4ccccc4)c4ccccc4)=C(CN4CCN(c5cc6c(cc5F)c(=O)c(C(=O)O)cn6C5CC5)CC4)CS[C@H]23)c2ccc(O)cc2)C(=O)C1=O. The molecule has 21 heteroatoms. The van der Waals surface area contributed by atoms with E-state index in [2.05, 4.69) is 15.5 Å². The van der Waals surface area contributed by atoms with Crippen LogP contribution in [0.5, 0.6) is 5.75 Å². The molecule has 4 aliphatic heterocycles. The molecule has 6 amide bonds. The number of ether oxygens (including phenoxy) is 1. The highest BCUT2D eigenvalue weighted by molar-refractivity contribution is 8.00. The first-order valence-electron chi connectivity index (χ1n) is 24.3. The second kappa shape index (κ2) is 20.5. The first-order chi connectivity index (χ1) is 35.7. The molecule has 1 saturated carbocycles. The number of phenolic OH excluding ortho intramolecular Hbond substituents is 1. The third-order valence-corrected chi connectivity index (χ3v) is 15.4. The summed E-state index contributed by atoms with van der Waals surface area (Å²) in [6.07, 6.45) is 2.08. The Morgan fingerprint density at radius 3 is 2.11 bits per heavy atom. The number of anilines is 1. The molecule has 0 radical (unpaired) electrons. The second-order valence-electron chi connectivity index (χ2n) is 18.7. The molecule has 382 valence electrons. The fraction of sp³-hybridized carbons (Fsp3) is 0.321. The van der Waals surface area contributed by atoms with Gasteiger partial charge in [-0.2, -0.15) is 0 Å². The number of carbonyl (C=O) groups excluding carboxylic acids is 6. The van der Waals surface area contributed by atoms with Gasteiger partial charge in [0.05, 0.1) is 11.2 Å². The number of pyridine rings is 1. The minimum atomic E-state index is -1.49. The minimum Gasteiger partial charge on any atom is -0.508 e. The van der Waals surface area contributed by atoms with Gasteiger partial charge in [-0.1, -0.05) is 72.8 Å². The normalized spacial score (nSPS) is 19.6. The molecule has 3 saturated heterocycles. The Labute approximate surface area is 427 Å². The van der Waals surface area contributed by atoms with E-state index >= 15 is 4.39 Å². The molecule has 4 N–H and O–H groups in total. The third-order valence-electron chi connectivity index (χ3n) is 14.1. The molecule has 0 spiro atoms. The summed E-state index contributed by atoms with van der Waals surface area (Å²) < 4.78 is 24.1. The molecule has 0 bridgehead atoms. The van der Waals surface area contributed by atoms with Crippen molar-refractivity contribution in [3.8, 4) is 5.75 Å². The maximum atomic E-state index is 16.0. The van der Waals surface area contributed by atoms with Crippen LogP contribution in [-0.4, -0.2) is 146 Å². The van der Waals surface area contributed by atoms with Crippen molar-refractivity contribution in [2.75, 3.05) is 63.0 Å². The molecule has 5 aliphatic rings. The predicted molar refractivity (Wildman–Crippen MR) is 268 cm³/mol. The molecule has 19 nitrogen and oxygen atoms in total. The van der Waals surface area contributed by atoms with Crippen LogP contribution in [0.25, 0.3) is 10.9 Å². The van der Waals surface area contributed by atoms with Gasteiger partial charge < -0.3 is 40.0 Å². The van der Waals surface area contributed by atoms with Crippen LogP contribution < -0.4 is 21.0 Å². The maximum Gasteiger partial charge on any atom is 0.356 e. The summed E-state index contributed by atoms with van der Waals surface area (Å²) in [5, 5.41) is 24.3. The fourth-order valence-corrected chi connectivity index (χ4v) is 11.3. The van der Waals surface area contributed by atoms with Gasteiger partial charge in [0.15, 0.2) is 6.10 Å². The number of carbonyl (C=O) groups is 7. The van der Waals surface area contributed by atoms with E-state index in [9.17, 15) is 48.6 Å². The number of phenols is 1. The van der Waals surface area contributed by atoms with Crippen molar-refractivity contribution in [3.63, 3.8) is 0 Å². The number of aromatic carboxylic acids is 1. The van der Waals surface area contributed by atoms with E-state index in [4.69, 9.17) is 4.74 Å². The number of amides is 6. The second-order valence-corrected chi connectivity index (χ2v) is 19.8. The van der Waals surface area contributed by atoms with Crippen LogP contribution in [0.1, 0.15) is 65.0 Å². The van der Waals surface area contributed by atoms with Crippen molar-refractivity contribution >= 4 is 70.0 Å². The Morgan fingerprint density at radius 1 is 0.824 bits per heavy atom. The van der Waals surface area contributed by atoms with Crippen molar-refractivity contribution in [3.05, 3.63) is 153 Å². The Balaban J connectivity index is 0.908. The first kappa shape index (κ1) is 49.5. The van der Waals surface area contributed by atoms with Gasteiger partial charge >= 0.3 is 29.8 Å². The zero-order chi connectivity index (χ0) is 51.9. The number of hydrogen-bond acceptors (Lipinski definition) is 13. The van der Waals surface area contributed by atoms with Gasteiger partial charge in [-0.25, -0.2) is 18.8 Å². The number of nitrogens with one attached hydrogen (secondary N) is 2. The van der Waals surface area contributed by atoms with Crippen molar-refractivity contribution in [1.82, 2.24) is 34.8 Å². The molecule has 10 rings (SSSR count). The average Bonchev–Trinajstić information content (AvgIpc) is 4.26. The molecule has 1 aliphatic carbocycles. The number of likely N-dealkylation sites (N-methyl/N-ethyl adjacent to an activating group) is 1. The Bertz CT molecular complexity index is 3140. The summed E-state index contributed by atoms with van der Waals surface area (Å²) in [6, 6.07) is 22.8. The minimum absolute atomic E-state index is 0.00260. The Hall–Kier alpha value is -8.04. The summed E-state index contributed by atoms with van der Waals surface area (Å²) in [7, 11) is 0. The van der Waals surface area contributed by atoms with Crippen LogP contribution in [0.4, 0.5) is 14.9 Å². The number of carboxylic acid groups (broad SMARTS) is 1. The summed E-state index contributed by atoms with van der Waals surface area (Å²) in [5.74, 6) is -6.08. The number of imide groups is 1. The van der Waals surface area contributed by atoms with Gasteiger partial charge in [-0.05, 0) is 66.3 Å². The van der Waals surface area contributed by atoms with Gasteiger partial charge in [-0.15, -0.1) is 11.8 Å². The predicted octanol–water partition coefficient (Wildman–Crippen LogP) is 4.13. The number of aromatic hydroxyl groups is 1. The molecule has 4 fully saturated rings. The van der Waals surface area contributed by atoms with Gasteiger partial charge in [0, 0.05) is 75.7 Å². The summed E-state index contributed by atoms with van der Waals surface area (Å²) in [5.41, 5.74) is 1.73. The van der Waals surface area contributed by atoms with Crippen LogP contribution in [0.3, 0.4) is 0 Å². The lowest BCUT2D eigenvalue weighted by Crippen LogP contribution is -2.71. The van der Waals surface area contributed by atoms with E-state index in [0.717, 1.165) is 23.8 Å². The molecule has 5 aromatic rings. The molecule has 0 unspecified atom stereocenters. The highest BCUT2D eigenvalue weighted by Crippen LogP contribution is 2.43. The van der Waals surface area contributed by atoms with E-state index in [1.165, 1.54) is 52.0 Å². The number of nitrogens with zero attached hydrogens (tertiary/aromatic N) is 6. The van der Waals surface area contributed by atoms with Crippen LogP contribution >= 0.6 is 11.8 Å². The number of carboxylic acids is 1. The van der Waals surface area contributed by atoms with Crippen molar-refractivity contribution in [2.24, 2.45) is 0 Å². The van der Waals surface area contributed by atoms with Crippen LogP contribution in [0.15, 0.2) is 119 Å². The zero-order valence-electron chi connectivity index (χ0n) is 40.0.